The van der Waals surface area contributed by atoms with Gasteiger partial charge in [-0.15, -0.1) is 11.3 Å². The molecule has 4 nitrogen and oxygen atoms in total. The molecule has 0 saturated heterocycles. The molecule has 1 heterocycles. The Morgan fingerprint density at radius 3 is 2.88 bits per heavy atom. The van der Waals surface area contributed by atoms with Crippen LogP contribution in [-0.4, -0.2) is 17.5 Å². The van der Waals surface area contributed by atoms with Crippen molar-refractivity contribution in [3.8, 4) is 17.0 Å². The van der Waals surface area contributed by atoms with Crippen molar-refractivity contribution in [2.75, 3.05) is 11.9 Å². The van der Waals surface area contributed by atoms with E-state index in [2.05, 4.69) is 26.2 Å². The van der Waals surface area contributed by atoms with E-state index in [4.69, 9.17) is 4.74 Å². The molecule has 0 unspecified atom stereocenters. The van der Waals surface area contributed by atoms with Gasteiger partial charge in [0.2, 0.25) is 0 Å². The van der Waals surface area contributed by atoms with Crippen LogP contribution in [0.25, 0.3) is 11.3 Å². The van der Waals surface area contributed by atoms with Crippen LogP contribution in [0.5, 0.6) is 5.75 Å². The zero-order valence-corrected chi connectivity index (χ0v) is 16.3. The van der Waals surface area contributed by atoms with Crippen LogP contribution in [0.2, 0.25) is 0 Å². The Bertz CT molecular complexity index is 908. The summed E-state index contributed by atoms with van der Waals surface area (Å²) in [5.41, 5.74) is 3.93. The highest BCUT2D eigenvalue weighted by Gasteiger charge is 2.10. The van der Waals surface area contributed by atoms with E-state index in [0.29, 0.717) is 5.13 Å². The topological polar surface area (TPSA) is 51.2 Å². The van der Waals surface area contributed by atoms with Crippen LogP contribution in [0.4, 0.5) is 5.13 Å². The van der Waals surface area contributed by atoms with Gasteiger partial charge in [-0.1, -0.05) is 40.2 Å². The first-order valence-corrected chi connectivity index (χ1v) is 9.40. The van der Waals surface area contributed by atoms with Crippen LogP contribution in [0.1, 0.15) is 11.1 Å². The maximum atomic E-state index is 12.1. The second-order valence-corrected chi connectivity index (χ2v) is 7.43. The average Bonchev–Trinajstić information content (AvgIpc) is 3.04. The Hall–Kier alpha value is -2.18. The fourth-order valence-electron chi connectivity index (χ4n) is 2.27. The zero-order valence-electron chi connectivity index (χ0n) is 13.9. The molecule has 0 saturated carbocycles. The Labute approximate surface area is 159 Å². The SMILES string of the molecule is Cc1ccc(C)c(OCC(=O)Nc2nc(-c3cccc(Br)c3)cs2)c1. The van der Waals surface area contributed by atoms with Gasteiger partial charge < -0.3 is 4.74 Å². The summed E-state index contributed by atoms with van der Waals surface area (Å²) >= 11 is 4.84. The molecule has 0 bridgehead atoms. The number of aryl methyl sites for hydroxylation is 2. The van der Waals surface area contributed by atoms with Crippen LogP contribution in [0, 0.1) is 13.8 Å². The number of hydrogen-bond donors (Lipinski definition) is 1. The number of carbonyl (C=O) groups excluding carboxylic acids is 1. The van der Waals surface area contributed by atoms with E-state index in [1.807, 2.05) is 61.7 Å². The number of benzene rings is 2. The summed E-state index contributed by atoms with van der Waals surface area (Å²) < 4.78 is 6.61. The average molecular weight is 417 g/mol. The highest BCUT2D eigenvalue weighted by atomic mass is 79.9. The molecule has 0 aliphatic heterocycles. The first-order valence-electron chi connectivity index (χ1n) is 7.72. The standard InChI is InChI=1S/C19H17BrN2O2S/c1-12-6-7-13(2)17(8-12)24-10-18(23)22-19-21-16(11-25-19)14-4-3-5-15(20)9-14/h3-9,11H,10H2,1-2H3,(H,21,22,23). The van der Waals surface area contributed by atoms with E-state index in [1.54, 1.807) is 0 Å². The fourth-order valence-corrected chi connectivity index (χ4v) is 3.41. The lowest BCUT2D eigenvalue weighted by molar-refractivity contribution is -0.118. The van der Waals surface area contributed by atoms with Crippen molar-refractivity contribution in [3.05, 3.63) is 63.4 Å². The van der Waals surface area contributed by atoms with Crippen molar-refractivity contribution in [1.29, 1.82) is 0 Å². The number of rotatable bonds is 5. The van der Waals surface area contributed by atoms with Crippen molar-refractivity contribution in [2.24, 2.45) is 0 Å². The Balaban J connectivity index is 1.61. The van der Waals surface area contributed by atoms with Crippen LogP contribution in [-0.2, 0) is 4.79 Å². The first-order chi connectivity index (χ1) is 12.0. The minimum absolute atomic E-state index is 0.0455. The molecule has 0 spiro atoms. The highest BCUT2D eigenvalue weighted by Crippen LogP contribution is 2.27. The lowest BCUT2D eigenvalue weighted by atomic mass is 10.1. The molecule has 1 N–H and O–H groups in total. The summed E-state index contributed by atoms with van der Waals surface area (Å²) in [4.78, 5) is 16.6. The number of nitrogens with zero attached hydrogens (tertiary/aromatic N) is 1. The molecule has 3 rings (SSSR count). The van der Waals surface area contributed by atoms with Crippen LogP contribution in [0.15, 0.2) is 52.3 Å². The summed E-state index contributed by atoms with van der Waals surface area (Å²) in [5.74, 6) is 0.500. The molecule has 0 radical (unpaired) electrons. The zero-order chi connectivity index (χ0) is 17.8. The second kappa shape index (κ2) is 7.80. The van der Waals surface area contributed by atoms with Crippen molar-refractivity contribution < 1.29 is 9.53 Å². The lowest BCUT2D eigenvalue weighted by Gasteiger charge is -2.09. The summed E-state index contributed by atoms with van der Waals surface area (Å²) in [6.45, 7) is 3.90. The number of anilines is 1. The molecular weight excluding hydrogens is 400 g/mol. The van der Waals surface area contributed by atoms with Gasteiger partial charge >= 0.3 is 0 Å². The number of halogens is 1. The Morgan fingerprint density at radius 2 is 2.08 bits per heavy atom. The van der Waals surface area contributed by atoms with Crippen LogP contribution < -0.4 is 10.1 Å². The van der Waals surface area contributed by atoms with Gasteiger partial charge in [-0.3, -0.25) is 10.1 Å². The number of amides is 1. The van der Waals surface area contributed by atoms with Gasteiger partial charge in [-0.2, -0.15) is 0 Å². The van der Waals surface area contributed by atoms with Gasteiger partial charge in [0.25, 0.3) is 5.91 Å². The number of nitrogens with one attached hydrogen (secondary N) is 1. The summed E-state index contributed by atoms with van der Waals surface area (Å²) in [6, 6.07) is 13.8. The molecule has 25 heavy (non-hydrogen) atoms. The summed E-state index contributed by atoms with van der Waals surface area (Å²) in [6.07, 6.45) is 0. The summed E-state index contributed by atoms with van der Waals surface area (Å²) in [5, 5.41) is 5.26. The van der Waals surface area contributed by atoms with E-state index in [-0.39, 0.29) is 12.5 Å². The summed E-state index contributed by atoms with van der Waals surface area (Å²) in [7, 11) is 0. The Kier molecular flexibility index (Phi) is 5.50. The van der Waals surface area contributed by atoms with Gasteiger partial charge in [-0.25, -0.2) is 4.98 Å². The van der Waals surface area contributed by atoms with Crippen molar-refractivity contribution >= 4 is 38.3 Å². The molecular formula is C19H17BrN2O2S. The normalized spacial score (nSPS) is 10.5. The monoisotopic (exact) mass is 416 g/mol. The number of carbonyl (C=O) groups is 1. The largest absolute Gasteiger partial charge is 0.483 e. The van der Waals surface area contributed by atoms with Gasteiger partial charge in [0.15, 0.2) is 11.7 Å². The smallest absolute Gasteiger partial charge is 0.264 e. The van der Waals surface area contributed by atoms with E-state index >= 15 is 0 Å². The van der Waals surface area contributed by atoms with Crippen molar-refractivity contribution in [1.82, 2.24) is 4.98 Å². The van der Waals surface area contributed by atoms with E-state index < -0.39 is 0 Å². The van der Waals surface area contributed by atoms with Crippen LogP contribution in [0.3, 0.4) is 0 Å². The third-order valence-corrected chi connectivity index (χ3v) is 4.82. The molecule has 6 heteroatoms. The third-order valence-electron chi connectivity index (χ3n) is 3.57. The van der Waals surface area contributed by atoms with Gasteiger partial charge in [-0.05, 0) is 43.2 Å². The maximum Gasteiger partial charge on any atom is 0.264 e. The lowest BCUT2D eigenvalue weighted by Crippen LogP contribution is -2.20. The van der Waals surface area contributed by atoms with Gasteiger partial charge in [0, 0.05) is 15.4 Å². The predicted octanol–water partition coefficient (Wildman–Crippen LogP) is 5.21. The van der Waals surface area contributed by atoms with Crippen molar-refractivity contribution in [3.63, 3.8) is 0 Å². The molecule has 3 aromatic rings. The van der Waals surface area contributed by atoms with Crippen molar-refractivity contribution in [2.45, 2.75) is 13.8 Å². The minimum Gasteiger partial charge on any atom is -0.483 e. The molecule has 0 fully saturated rings. The molecule has 0 aliphatic carbocycles. The minimum atomic E-state index is -0.226. The second-order valence-electron chi connectivity index (χ2n) is 5.65. The van der Waals surface area contributed by atoms with Crippen LogP contribution >= 0.6 is 27.3 Å². The van der Waals surface area contributed by atoms with E-state index in [0.717, 1.165) is 32.6 Å². The number of thiazole rings is 1. The van der Waals surface area contributed by atoms with E-state index in [9.17, 15) is 4.79 Å². The molecule has 128 valence electrons. The fraction of sp³-hybridized carbons (Fsp3) is 0.158. The molecule has 1 aromatic heterocycles. The molecule has 0 aliphatic rings. The number of ether oxygens (including phenoxy) is 1. The highest BCUT2D eigenvalue weighted by molar-refractivity contribution is 9.10. The molecule has 2 aromatic carbocycles. The number of aromatic nitrogens is 1. The molecule has 1 amide bonds. The molecule has 0 atom stereocenters. The first kappa shape index (κ1) is 17.6. The quantitative estimate of drug-likeness (QED) is 0.620. The van der Waals surface area contributed by atoms with E-state index in [1.165, 1.54) is 11.3 Å². The predicted molar refractivity (Wildman–Crippen MR) is 105 cm³/mol. The number of hydrogen-bond acceptors (Lipinski definition) is 4. The van der Waals surface area contributed by atoms with Gasteiger partial charge in [0.1, 0.15) is 5.75 Å². The Morgan fingerprint density at radius 1 is 1.24 bits per heavy atom. The van der Waals surface area contributed by atoms with Gasteiger partial charge in [0.05, 0.1) is 5.69 Å². The third kappa shape index (κ3) is 4.67. The maximum absolute atomic E-state index is 12.1.